The topological polar surface area (TPSA) is 42.2 Å². The van der Waals surface area contributed by atoms with Crippen LogP contribution in [0.3, 0.4) is 0 Å². The van der Waals surface area contributed by atoms with Crippen molar-refractivity contribution in [2.45, 2.75) is 19.3 Å². The zero-order valence-electron chi connectivity index (χ0n) is 8.77. The fourth-order valence-corrected chi connectivity index (χ4v) is 2.17. The minimum Gasteiger partial charge on any atom is -0.316 e. The number of aromatic nitrogens is 3. The van der Waals surface area contributed by atoms with Gasteiger partial charge in [0.05, 0.1) is 0 Å². The third-order valence-corrected chi connectivity index (χ3v) is 3.00. The highest BCUT2D eigenvalue weighted by Gasteiger charge is 2.21. The van der Waals surface area contributed by atoms with E-state index in [1.54, 1.807) is 0 Å². The van der Waals surface area contributed by atoms with Gasteiger partial charge in [0.15, 0.2) is 5.65 Å². The Bertz CT molecular complexity index is 482. The summed E-state index contributed by atoms with van der Waals surface area (Å²) in [6.45, 7) is 4.20. The first-order chi connectivity index (χ1) is 7.34. The molecule has 1 N–H and O–H groups in total. The molecule has 0 aromatic carbocycles. The molecule has 1 aliphatic rings. The predicted octanol–water partition coefficient (Wildman–Crippen LogP) is 1.11. The van der Waals surface area contributed by atoms with E-state index in [1.165, 1.54) is 5.56 Å². The highest BCUT2D eigenvalue weighted by Crippen LogP contribution is 2.21. The molecule has 0 aliphatic carbocycles. The number of nitrogens with one attached hydrogen (secondary N) is 1. The van der Waals surface area contributed by atoms with E-state index < -0.39 is 0 Å². The number of hydrogen-bond donors (Lipinski definition) is 1. The Hall–Kier alpha value is -1.42. The van der Waals surface area contributed by atoms with E-state index in [1.807, 2.05) is 6.07 Å². The third-order valence-electron chi connectivity index (χ3n) is 3.00. The second kappa shape index (κ2) is 3.31. The van der Waals surface area contributed by atoms with Gasteiger partial charge < -0.3 is 5.32 Å². The Morgan fingerprint density at radius 1 is 1.40 bits per heavy atom. The summed E-state index contributed by atoms with van der Waals surface area (Å²) in [5.41, 5.74) is 2.19. The van der Waals surface area contributed by atoms with Gasteiger partial charge in [-0.1, -0.05) is 6.07 Å². The van der Waals surface area contributed by atoms with Crippen LogP contribution in [-0.2, 0) is 0 Å². The summed E-state index contributed by atoms with van der Waals surface area (Å²) in [4.78, 5) is 0. The smallest absolute Gasteiger partial charge is 0.160 e. The number of pyridine rings is 1. The minimum absolute atomic E-state index is 0.516. The van der Waals surface area contributed by atoms with Gasteiger partial charge in [0.25, 0.3) is 0 Å². The summed E-state index contributed by atoms with van der Waals surface area (Å²) < 4.78 is 2.12. The zero-order chi connectivity index (χ0) is 10.3. The summed E-state index contributed by atoms with van der Waals surface area (Å²) in [5, 5.41) is 11.8. The van der Waals surface area contributed by atoms with Gasteiger partial charge in [-0.25, -0.2) is 0 Å². The van der Waals surface area contributed by atoms with Crippen LogP contribution in [0.25, 0.3) is 5.65 Å². The van der Waals surface area contributed by atoms with Crippen molar-refractivity contribution in [2.75, 3.05) is 13.1 Å². The lowest BCUT2D eigenvalue weighted by atomic mass is 10.1. The van der Waals surface area contributed by atoms with Gasteiger partial charge in [-0.05, 0) is 31.5 Å². The average molecular weight is 202 g/mol. The van der Waals surface area contributed by atoms with Crippen LogP contribution in [0, 0.1) is 6.92 Å². The Morgan fingerprint density at radius 3 is 3.13 bits per heavy atom. The monoisotopic (exact) mass is 202 g/mol. The molecule has 78 valence electrons. The molecular weight excluding hydrogens is 188 g/mol. The maximum Gasteiger partial charge on any atom is 0.160 e. The van der Waals surface area contributed by atoms with Crippen molar-refractivity contribution in [2.24, 2.45) is 0 Å². The Balaban J connectivity index is 2.13. The van der Waals surface area contributed by atoms with E-state index in [9.17, 15) is 0 Å². The number of aryl methyl sites for hydroxylation is 1. The van der Waals surface area contributed by atoms with E-state index >= 15 is 0 Å². The summed E-state index contributed by atoms with van der Waals surface area (Å²) >= 11 is 0. The van der Waals surface area contributed by atoms with Crippen LogP contribution in [0.5, 0.6) is 0 Å². The van der Waals surface area contributed by atoms with Gasteiger partial charge in [0, 0.05) is 18.7 Å². The summed E-state index contributed by atoms with van der Waals surface area (Å²) in [6.07, 6.45) is 3.28. The molecule has 3 heterocycles. The van der Waals surface area contributed by atoms with Gasteiger partial charge in [0.1, 0.15) is 5.82 Å². The molecule has 2 aromatic heterocycles. The lowest BCUT2D eigenvalue weighted by molar-refractivity contribution is 0.691. The lowest BCUT2D eigenvalue weighted by Crippen LogP contribution is -2.10. The molecule has 0 amide bonds. The summed E-state index contributed by atoms with van der Waals surface area (Å²) in [7, 11) is 0. The van der Waals surface area contributed by atoms with Crippen molar-refractivity contribution in [1.29, 1.82) is 0 Å². The maximum atomic E-state index is 4.29. The van der Waals surface area contributed by atoms with Crippen LogP contribution < -0.4 is 5.32 Å². The first-order valence-electron chi connectivity index (χ1n) is 5.36. The van der Waals surface area contributed by atoms with Gasteiger partial charge in [-0.3, -0.25) is 4.40 Å². The van der Waals surface area contributed by atoms with Crippen molar-refractivity contribution in [3.05, 3.63) is 29.7 Å². The number of hydrogen-bond acceptors (Lipinski definition) is 3. The normalized spacial score (nSPS) is 21.3. The second-order valence-corrected chi connectivity index (χ2v) is 4.18. The molecule has 0 spiro atoms. The van der Waals surface area contributed by atoms with Crippen molar-refractivity contribution >= 4 is 5.65 Å². The van der Waals surface area contributed by atoms with Crippen LogP contribution >= 0.6 is 0 Å². The highest BCUT2D eigenvalue weighted by atomic mass is 15.3. The SMILES string of the molecule is Cc1ccc2nnc(C3CCNC3)n2c1. The molecule has 1 aliphatic heterocycles. The van der Waals surface area contributed by atoms with E-state index in [2.05, 4.69) is 39.1 Å². The molecule has 1 saturated heterocycles. The van der Waals surface area contributed by atoms with Crippen molar-refractivity contribution in [3.63, 3.8) is 0 Å². The first-order valence-corrected chi connectivity index (χ1v) is 5.36. The lowest BCUT2D eigenvalue weighted by Gasteiger charge is -2.06. The number of nitrogens with zero attached hydrogens (tertiary/aromatic N) is 3. The Labute approximate surface area is 88.3 Å². The van der Waals surface area contributed by atoms with Gasteiger partial charge in [0.2, 0.25) is 0 Å². The molecule has 0 saturated carbocycles. The fourth-order valence-electron chi connectivity index (χ4n) is 2.17. The van der Waals surface area contributed by atoms with Crippen molar-refractivity contribution in [3.8, 4) is 0 Å². The van der Waals surface area contributed by atoms with Crippen molar-refractivity contribution in [1.82, 2.24) is 19.9 Å². The number of fused-ring (bicyclic) bond motifs is 1. The molecule has 2 aromatic rings. The van der Waals surface area contributed by atoms with Crippen LogP contribution in [-0.4, -0.2) is 27.7 Å². The third kappa shape index (κ3) is 1.41. The molecule has 15 heavy (non-hydrogen) atoms. The summed E-state index contributed by atoms with van der Waals surface area (Å²) in [6, 6.07) is 4.09. The summed E-state index contributed by atoms with van der Waals surface area (Å²) in [5.74, 6) is 1.61. The Morgan fingerprint density at radius 2 is 2.33 bits per heavy atom. The molecular formula is C11H14N4. The quantitative estimate of drug-likeness (QED) is 0.753. The number of rotatable bonds is 1. The first kappa shape index (κ1) is 8.85. The molecule has 0 bridgehead atoms. The van der Waals surface area contributed by atoms with Crippen LogP contribution in [0.2, 0.25) is 0 Å². The average Bonchev–Trinajstić information content (AvgIpc) is 2.83. The minimum atomic E-state index is 0.516. The largest absolute Gasteiger partial charge is 0.316 e. The van der Waals surface area contributed by atoms with Crippen LogP contribution in [0.1, 0.15) is 23.7 Å². The van der Waals surface area contributed by atoms with E-state index in [-0.39, 0.29) is 0 Å². The molecule has 4 heteroatoms. The highest BCUT2D eigenvalue weighted by molar-refractivity contribution is 5.39. The molecule has 1 unspecified atom stereocenters. The van der Waals surface area contributed by atoms with Gasteiger partial charge in [-0.2, -0.15) is 0 Å². The molecule has 0 radical (unpaired) electrons. The van der Waals surface area contributed by atoms with E-state index in [0.717, 1.165) is 31.0 Å². The Kier molecular flexibility index (Phi) is 1.95. The maximum absolute atomic E-state index is 4.29. The molecule has 1 atom stereocenters. The van der Waals surface area contributed by atoms with E-state index in [4.69, 9.17) is 0 Å². The van der Waals surface area contributed by atoms with Crippen molar-refractivity contribution < 1.29 is 0 Å². The molecule has 4 nitrogen and oxygen atoms in total. The second-order valence-electron chi connectivity index (χ2n) is 4.18. The fraction of sp³-hybridized carbons (Fsp3) is 0.455. The van der Waals surface area contributed by atoms with Crippen LogP contribution in [0.4, 0.5) is 0 Å². The van der Waals surface area contributed by atoms with Gasteiger partial charge >= 0.3 is 0 Å². The molecule has 1 fully saturated rings. The van der Waals surface area contributed by atoms with E-state index in [0.29, 0.717) is 5.92 Å². The standard InChI is InChI=1S/C11H14N4/c1-8-2-3-10-13-14-11(15(10)7-8)9-4-5-12-6-9/h2-3,7,9,12H,4-6H2,1H3. The molecule has 3 rings (SSSR count). The van der Waals surface area contributed by atoms with Crippen LogP contribution in [0.15, 0.2) is 18.3 Å². The van der Waals surface area contributed by atoms with Gasteiger partial charge in [-0.15, -0.1) is 10.2 Å². The zero-order valence-corrected chi connectivity index (χ0v) is 8.77. The predicted molar refractivity (Wildman–Crippen MR) is 58.0 cm³/mol.